The second-order valence-corrected chi connectivity index (χ2v) is 8.28. The van der Waals surface area contributed by atoms with Crippen molar-refractivity contribution in [3.63, 3.8) is 0 Å². The fourth-order valence-corrected chi connectivity index (χ4v) is 3.80. The highest BCUT2D eigenvalue weighted by Crippen LogP contribution is 2.35. The highest BCUT2D eigenvalue weighted by Gasteiger charge is 2.40. The molecule has 0 aromatic heterocycles. The minimum atomic E-state index is -0.369. The van der Waals surface area contributed by atoms with Gasteiger partial charge in [-0.05, 0) is 74.2 Å². The molecule has 0 radical (unpaired) electrons. The molecule has 0 aliphatic carbocycles. The summed E-state index contributed by atoms with van der Waals surface area (Å²) in [6, 6.07) is 20.6. The number of ether oxygens (including phenoxy) is 1. The highest BCUT2D eigenvalue weighted by atomic mass is 16.5. The zero-order chi connectivity index (χ0) is 23.5. The van der Waals surface area contributed by atoms with E-state index in [0.717, 1.165) is 34.5 Å². The number of amides is 2. The molecule has 3 aromatic rings. The zero-order valence-electron chi connectivity index (χ0n) is 19.4. The summed E-state index contributed by atoms with van der Waals surface area (Å²) in [5.41, 5.74) is 5.83. The first kappa shape index (κ1) is 22.3. The number of hydrogen-bond acceptors (Lipinski definition) is 4. The average molecular weight is 441 g/mol. The second kappa shape index (κ2) is 9.33. The maximum absolute atomic E-state index is 13.6. The van der Waals surface area contributed by atoms with Crippen LogP contribution in [0, 0.1) is 20.8 Å². The van der Waals surface area contributed by atoms with Crippen molar-refractivity contribution in [2.24, 2.45) is 0 Å². The molecule has 1 heterocycles. The Morgan fingerprint density at radius 1 is 0.848 bits per heavy atom. The summed E-state index contributed by atoms with van der Waals surface area (Å²) in [6.45, 7) is 8.66. The second-order valence-electron chi connectivity index (χ2n) is 8.28. The summed E-state index contributed by atoms with van der Waals surface area (Å²) in [5, 5.41) is 3.28. The SMILES string of the molecule is CCCOc1ccc(C2=C(Nc3cccc(C)c3C)C(=O)N(c3ccc(C)cc3)C2=O)cc1. The standard InChI is InChI=1S/C28H28N2O3/c1-5-17-33-23-15-11-21(12-16-23)25-26(29-24-8-6-7-19(3)20(24)4)28(32)30(27(25)31)22-13-9-18(2)10-14-22/h6-16,29H,5,17H2,1-4H3. The van der Waals surface area contributed by atoms with Gasteiger partial charge in [0.15, 0.2) is 0 Å². The summed E-state index contributed by atoms with van der Waals surface area (Å²) < 4.78 is 5.68. The number of imide groups is 1. The van der Waals surface area contributed by atoms with Gasteiger partial charge in [0, 0.05) is 5.69 Å². The molecule has 4 rings (SSSR count). The van der Waals surface area contributed by atoms with E-state index in [1.807, 2.05) is 82.3 Å². The van der Waals surface area contributed by atoms with Crippen LogP contribution in [0.25, 0.3) is 5.57 Å². The third-order valence-electron chi connectivity index (χ3n) is 5.86. The minimum Gasteiger partial charge on any atom is -0.494 e. The number of nitrogens with one attached hydrogen (secondary N) is 1. The van der Waals surface area contributed by atoms with E-state index in [1.165, 1.54) is 4.90 Å². The number of aryl methyl sites for hydroxylation is 2. The molecule has 0 saturated heterocycles. The predicted octanol–water partition coefficient (Wildman–Crippen LogP) is 5.80. The van der Waals surface area contributed by atoms with Crippen LogP contribution in [0.1, 0.15) is 35.6 Å². The van der Waals surface area contributed by atoms with Crippen LogP contribution in [-0.4, -0.2) is 18.4 Å². The smallest absolute Gasteiger partial charge is 0.282 e. The van der Waals surface area contributed by atoms with Gasteiger partial charge in [-0.1, -0.05) is 48.9 Å². The number of carbonyl (C=O) groups is 2. The molecule has 0 atom stereocenters. The van der Waals surface area contributed by atoms with Crippen LogP contribution in [0.5, 0.6) is 5.75 Å². The quantitative estimate of drug-likeness (QED) is 0.472. The Morgan fingerprint density at radius 2 is 1.55 bits per heavy atom. The van der Waals surface area contributed by atoms with Crippen LogP contribution in [0.4, 0.5) is 11.4 Å². The molecular formula is C28H28N2O3. The molecule has 3 aromatic carbocycles. The lowest BCUT2D eigenvalue weighted by molar-refractivity contribution is -0.120. The maximum Gasteiger partial charge on any atom is 0.282 e. The van der Waals surface area contributed by atoms with Crippen molar-refractivity contribution in [3.8, 4) is 5.75 Å². The Hall–Kier alpha value is -3.86. The highest BCUT2D eigenvalue weighted by molar-refractivity contribution is 6.46. The van der Waals surface area contributed by atoms with E-state index in [9.17, 15) is 9.59 Å². The van der Waals surface area contributed by atoms with Crippen molar-refractivity contribution in [3.05, 3.63) is 94.7 Å². The molecule has 2 amide bonds. The fourth-order valence-electron chi connectivity index (χ4n) is 3.80. The van der Waals surface area contributed by atoms with E-state index in [-0.39, 0.29) is 17.5 Å². The summed E-state index contributed by atoms with van der Waals surface area (Å²) >= 11 is 0. The summed E-state index contributed by atoms with van der Waals surface area (Å²) in [6.07, 6.45) is 0.912. The van der Waals surface area contributed by atoms with E-state index in [1.54, 1.807) is 12.1 Å². The average Bonchev–Trinajstić information content (AvgIpc) is 3.06. The van der Waals surface area contributed by atoms with Crippen molar-refractivity contribution in [2.45, 2.75) is 34.1 Å². The molecule has 1 N–H and O–H groups in total. The van der Waals surface area contributed by atoms with Crippen molar-refractivity contribution >= 4 is 28.8 Å². The Bertz CT molecular complexity index is 1230. The molecular weight excluding hydrogens is 412 g/mol. The third-order valence-corrected chi connectivity index (χ3v) is 5.86. The molecule has 5 nitrogen and oxygen atoms in total. The monoisotopic (exact) mass is 440 g/mol. The normalized spacial score (nSPS) is 13.6. The maximum atomic E-state index is 13.6. The molecule has 0 unspecified atom stereocenters. The summed E-state index contributed by atoms with van der Waals surface area (Å²) in [7, 11) is 0. The number of hydrogen-bond donors (Lipinski definition) is 1. The summed E-state index contributed by atoms with van der Waals surface area (Å²) in [5.74, 6) is 0.0161. The van der Waals surface area contributed by atoms with Gasteiger partial charge in [0.05, 0.1) is 17.9 Å². The van der Waals surface area contributed by atoms with Gasteiger partial charge in [-0.2, -0.15) is 0 Å². The first-order valence-electron chi connectivity index (χ1n) is 11.2. The van der Waals surface area contributed by atoms with Gasteiger partial charge in [0.25, 0.3) is 11.8 Å². The van der Waals surface area contributed by atoms with Crippen molar-refractivity contribution in [2.75, 3.05) is 16.8 Å². The number of benzene rings is 3. The van der Waals surface area contributed by atoms with Gasteiger partial charge in [-0.25, -0.2) is 4.90 Å². The van der Waals surface area contributed by atoms with Crippen LogP contribution in [0.2, 0.25) is 0 Å². The molecule has 0 bridgehead atoms. The number of carbonyl (C=O) groups excluding carboxylic acids is 2. The number of anilines is 2. The first-order valence-corrected chi connectivity index (χ1v) is 11.2. The molecule has 0 spiro atoms. The Kier molecular flexibility index (Phi) is 6.31. The Balaban J connectivity index is 1.78. The lowest BCUT2D eigenvalue weighted by Gasteiger charge is -2.16. The lowest BCUT2D eigenvalue weighted by Crippen LogP contribution is -2.32. The van der Waals surface area contributed by atoms with Gasteiger partial charge in [-0.15, -0.1) is 0 Å². The topological polar surface area (TPSA) is 58.6 Å². The Labute approximate surface area is 194 Å². The molecule has 5 heteroatoms. The van der Waals surface area contributed by atoms with E-state index in [0.29, 0.717) is 23.4 Å². The van der Waals surface area contributed by atoms with Crippen molar-refractivity contribution in [1.29, 1.82) is 0 Å². The molecule has 33 heavy (non-hydrogen) atoms. The minimum absolute atomic E-state index is 0.275. The first-order chi connectivity index (χ1) is 15.9. The van der Waals surface area contributed by atoms with E-state index >= 15 is 0 Å². The van der Waals surface area contributed by atoms with Crippen LogP contribution in [0.15, 0.2) is 72.4 Å². The Morgan fingerprint density at radius 3 is 2.21 bits per heavy atom. The molecule has 0 fully saturated rings. The van der Waals surface area contributed by atoms with Crippen molar-refractivity contribution in [1.82, 2.24) is 0 Å². The summed E-state index contributed by atoms with van der Waals surface area (Å²) in [4.78, 5) is 28.4. The third kappa shape index (κ3) is 4.40. The predicted molar refractivity (Wildman–Crippen MR) is 132 cm³/mol. The van der Waals surface area contributed by atoms with Gasteiger partial charge in [-0.3, -0.25) is 9.59 Å². The van der Waals surface area contributed by atoms with Crippen LogP contribution in [0.3, 0.4) is 0 Å². The largest absolute Gasteiger partial charge is 0.494 e. The van der Waals surface area contributed by atoms with Crippen LogP contribution in [-0.2, 0) is 9.59 Å². The van der Waals surface area contributed by atoms with Crippen molar-refractivity contribution < 1.29 is 14.3 Å². The molecule has 168 valence electrons. The number of rotatable bonds is 7. The zero-order valence-corrected chi connectivity index (χ0v) is 19.4. The van der Waals surface area contributed by atoms with Gasteiger partial charge in [0.1, 0.15) is 11.4 Å². The van der Waals surface area contributed by atoms with Gasteiger partial charge in [0.2, 0.25) is 0 Å². The fraction of sp³-hybridized carbons (Fsp3) is 0.214. The van der Waals surface area contributed by atoms with E-state index in [2.05, 4.69) is 5.32 Å². The van der Waals surface area contributed by atoms with Gasteiger partial charge < -0.3 is 10.1 Å². The molecule has 1 aliphatic rings. The molecule has 0 saturated carbocycles. The van der Waals surface area contributed by atoms with Crippen LogP contribution >= 0.6 is 0 Å². The van der Waals surface area contributed by atoms with Crippen LogP contribution < -0.4 is 15.0 Å². The van der Waals surface area contributed by atoms with Gasteiger partial charge >= 0.3 is 0 Å². The van der Waals surface area contributed by atoms with E-state index < -0.39 is 0 Å². The van der Waals surface area contributed by atoms with E-state index in [4.69, 9.17) is 4.74 Å². The molecule has 1 aliphatic heterocycles. The lowest BCUT2D eigenvalue weighted by atomic mass is 10.0. The number of nitrogens with zero attached hydrogens (tertiary/aromatic N) is 1.